The maximum atomic E-state index is 12.3. The van der Waals surface area contributed by atoms with E-state index in [2.05, 4.69) is 28.8 Å². The Balaban J connectivity index is 2.22. The highest BCUT2D eigenvalue weighted by molar-refractivity contribution is 6.32. The highest BCUT2D eigenvalue weighted by Gasteiger charge is 2.32. The van der Waals surface area contributed by atoms with Gasteiger partial charge in [0.25, 0.3) is 0 Å². The fourth-order valence-electron chi connectivity index (χ4n) is 2.87. The van der Waals surface area contributed by atoms with Crippen molar-refractivity contribution in [3.05, 3.63) is 28.8 Å². The van der Waals surface area contributed by atoms with Gasteiger partial charge < -0.3 is 10.1 Å². The Morgan fingerprint density at radius 2 is 1.91 bits per heavy atom. The van der Waals surface area contributed by atoms with Crippen molar-refractivity contribution in [2.45, 2.75) is 32.7 Å². The Labute approximate surface area is 139 Å². The molecular formula is C16H22ClF3N2O. The molecule has 1 fully saturated rings. The molecule has 0 bridgehead atoms. The van der Waals surface area contributed by atoms with Gasteiger partial charge in [0, 0.05) is 32.2 Å². The van der Waals surface area contributed by atoms with Crippen molar-refractivity contribution >= 4 is 11.6 Å². The van der Waals surface area contributed by atoms with E-state index in [-0.39, 0.29) is 16.8 Å². The molecule has 0 radical (unpaired) electrons. The van der Waals surface area contributed by atoms with E-state index in [1.807, 2.05) is 0 Å². The van der Waals surface area contributed by atoms with Crippen LogP contribution in [0.4, 0.5) is 13.2 Å². The van der Waals surface area contributed by atoms with Crippen LogP contribution in [0.3, 0.4) is 0 Å². The van der Waals surface area contributed by atoms with Crippen LogP contribution in [0.5, 0.6) is 5.75 Å². The van der Waals surface area contributed by atoms with Crippen molar-refractivity contribution in [2.75, 3.05) is 26.2 Å². The zero-order valence-electron chi connectivity index (χ0n) is 13.3. The Morgan fingerprint density at radius 1 is 1.26 bits per heavy atom. The molecule has 3 nitrogen and oxygen atoms in total. The zero-order valence-corrected chi connectivity index (χ0v) is 14.0. The number of nitrogens with zero attached hydrogens (tertiary/aromatic N) is 1. The van der Waals surface area contributed by atoms with E-state index in [0.29, 0.717) is 5.92 Å². The number of nitrogens with one attached hydrogen (secondary N) is 1. The summed E-state index contributed by atoms with van der Waals surface area (Å²) in [5.41, 5.74) is 0.931. The lowest BCUT2D eigenvalue weighted by molar-refractivity contribution is -0.274. The molecule has 0 unspecified atom stereocenters. The van der Waals surface area contributed by atoms with Crippen LogP contribution in [0.15, 0.2) is 18.2 Å². The Kier molecular flexibility index (Phi) is 6.17. The van der Waals surface area contributed by atoms with Crippen molar-refractivity contribution in [2.24, 2.45) is 5.92 Å². The first-order valence-electron chi connectivity index (χ1n) is 7.76. The zero-order chi connectivity index (χ0) is 17.0. The van der Waals surface area contributed by atoms with Gasteiger partial charge in [0.1, 0.15) is 5.75 Å². The molecule has 1 heterocycles. The summed E-state index contributed by atoms with van der Waals surface area (Å²) in [6.45, 7) is 7.93. The predicted molar refractivity (Wildman–Crippen MR) is 84.8 cm³/mol. The SMILES string of the molecule is CC(C)C[C@H](c1ccc(OC(F)(F)F)c(Cl)c1)N1CCNCC1. The number of ether oxygens (including phenoxy) is 1. The topological polar surface area (TPSA) is 24.5 Å². The van der Waals surface area contributed by atoms with Gasteiger partial charge >= 0.3 is 6.36 Å². The fraction of sp³-hybridized carbons (Fsp3) is 0.625. The number of rotatable bonds is 5. The smallest absolute Gasteiger partial charge is 0.404 e. The van der Waals surface area contributed by atoms with Crippen LogP contribution in [0.1, 0.15) is 31.9 Å². The normalized spacial score (nSPS) is 18.2. The van der Waals surface area contributed by atoms with Gasteiger partial charge in [-0.2, -0.15) is 0 Å². The molecule has 0 spiro atoms. The van der Waals surface area contributed by atoms with E-state index in [1.165, 1.54) is 6.07 Å². The Hall–Kier alpha value is -0.980. The molecule has 0 amide bonds. The van der Waals surface area contributed by atoms with Crippen molar-refractivity contribution in [1.82, 2.24) is 10.2 Å². The standard InChI is InChI=1S/C16H22ClF3N2O/c1-11(2)9-14(22-7-5-21-6-8-22)12-3-4-15(13(17)10-12)23-16(18,19)20/h3-4,10-11,14,21H,5-9H2,1-2H3/t14-/m1/s1. The average molecular weight is 351 g/mol. The van der Waals surface area contributed by atoms with Gasteiger partial charge in [-0.3, -0.25) is 4.90 Å². The third-order valence-electron chi connectivity index (χ3n) is 3.85. The lowest BCUT2D eigenvalue weighted by Crippen LogP contribution is -2.45. The van der Waals surface area contributed by atoms with E-state index in [4.69, 9.17) is 11.6 Å². The number of hydrogen-bond donors (Lipinski definition) is 1. The third-order valence-corrected chi connectivity index (χ3v) is 4.15. The van der Waals surface area contributed by atoms with Crippen LogP contribution >= 0.6 is 11.6 Å². The van der Waals surface area contributed by atoms with Crippen molar-refractivity contribution in [3.8, 4) is 5.75 Å². The van der Waals surface area contributed by atoms with Gasteiger partial charge in [-0.05, 0) is 30.0 Å². The lowest BCUT2D eigenvalue weighted by Gasteiger charge is -2.36. The second-order valence-corrected chi connectivity index (χ2v) is 6.58. The van der Waals surface area contributed by atoms with Crippen LogP contribution in [-0.4, -0.2) is 37.4 Å². The number of halogens is 4. The maximum absolute atomic E-state index is 12.3. The van der Waals surface area contributed by atoms with Gasteiger partial charge in [0.15, 0.2) is 0 Å². The Morgan fingerprint density at radius 3 is 2.43 bits per heavy atom. The van der Waals surface area contributed by atoms with E-state index in [0.717, 1.165) is 38.2 Å². The lowest BCUT2D eigenvalue weighted by atomic mass is 9.95. The third kappa shape index (κ3) is 5.55. The second-order valence-electron chi connectivity index (χ2n) is 6.17. The summed E-state index contributed by atoms with van der Waals surface area (Å²) in [6, 6.07) is 4.73. The first kappa shape index (κ1) is 18.4. The van der Waals surface area contributed by atoms with Crippen LogP contribution in [0, 0.1) is 5.92 Å². The highest BCUT2D eigenvalue weighted by Crippen LogP contribution is 2.35. The first-order chi connectivity index (χ1) is 10.8. The van der Waals surface area contributed by atoms with Crippen molar-refractivity contribution in [3.63, 3.8) is 0 Å². The summed E-state index contributed by atoms with van der Waals surface area (Å²) >= 11 is 6.00. The highest BCUT2D eigenvalue weighted by atomic mass is 35.5. The van der Waals surface area contributed by atoms with Gasteiger partial charge in [-0.25, -0.2) is 0 Å². The summed E-state index contributed by atoms with van der Waals surface area (Å²) in [6.07, 6.45) is -3.81. The molecule has 23 heavy (non-hydrogen) atoms. The van der Waals surface area contributed by atoms with Crippen molar-refractivity contribution < 1.29 is 17.9 Å². The number of piperazine rings is 1. The molecule has 1 aliphatic rings. The molecule has 1 saturated heterocycles. The van der Waals surface area contributed by atoms with E-state index in [9.17, 15) is 13.2 Å². The number of benzene rings is 1. The summed E-state index contributed by atoms with van der Waals surface area (Å²) in [7, 11) is 0. The molecule has 7 heteroatoms. The average Bonchev–Trinajstić information content (AvgIpc) is 2.46. The molecule has 130 valence electrons. The molecule has 1 atom stereocenters. The molecule has 1 aromatic rings. The van der Waals surface area contributed by atoms with Gasteiger partial charge in [0.2, 0.25) is 0 Å². The van der Waals surface area contributed by atoms with E-state index < -0.39 is 6.36 Å². The van der Waals surface area contributed by atoms with Gasteiger partial charge in [-0.15, -0.1) is 13.2 Å². The summed E-state index contributed by atoms with van der Waals surface area (Å²) < 4.78 is 41.0. The largest absolute Gasteiger partial charge is 0.573 e. The summed E-state index contributed by atoms with van der Waals surface area (Å²) in [5.74, 6) is 0.117. The second kappa shape index (κ2) is 7.73. The van der Waals surface area contributed by atoms with Crippen LogP contribution < -0.4 is 10.1 Å². The number of alkyl halides is 3. The van der Waals surface area contributed by atoms with Crippen LogP contribution in [0.2, 0.25) is 5.02 Å². The summed E-state index contributed by atoms with van der Waals surface area (Å²) in [4.78, 5) is 2.35. The molecule has 2 rings (SSSR count). The van der Waals surface area contributed by atoms with Gasteiger partial charge in [0.05, 0.1) is 5.02 Å². The van der Waals surface area contributed by atoms with E-state index in [1.54, 1.807) is 12.1 Å². The van der Waals surface area contributed by atoms with Gasteiger partial charge in [-0.1, -0.05) is 31.5 Å². The fourth-order valence-corrected chi connectivity index (χ4v) is 3.10. The van der Waals surface area contributed by atoms with Crippen LogP contribution in [-0.2, 0) is 0 Å². The number of hydrogen-bond acceptors (Lipinski definition) is 3. The monoisotopic (exact) mass is 350 g/mol. The minimum Gasteiger partial charge on any atom is -0.404 e. The molecule has 0 saturated carbocycles. The van der Waals surface area contributed by atoms with E-state index >= 15 is 0 Å². The van der Waals surface area contributed by atoms with Crippen molar-refractivity contribution in [1.29, 1.82) is 0 Å². The molecule has 1 aromatic carbocycles. The van der Waals surface area contributed by atoms with Crippen LogP contribution in [0.25, 0.3) is 0 Å². The molecule has 0 aromatic heterocycles. The summed E-state index contributed by atoms with van der Waals surface area (Å²) in [5, 5.41) is 3.30. The molecule has 1 N–H and O–H groups in total. The minimum absolute atomic E-state index is 0.0104. The first-order valence-corrected chi connectivity index (χ1v) is 8.14. The molecule has 1 aliphatic heterocycles. The quantitative estimate of drug-likeness (QED) is 0.860. The maximum Gasteiger partial charge on any atom is 0.573 e. The molecule has 0 aliphatic carbocycles. The predicted octanol–water partition coefficient (Wildman–Crippen LogP) is 4.23. The minimum atomic E-state index is -4.74. The Bertz CT molecular complexity index is 517. The molecular weight excluding hydrogens is 329 g/mol.